The van der Waals surface area contributed by atoms with Crippen LogP contribution < -0.4 is 4.90 Å². The van der Waals surface area contributed by atoms with Gasteiger partial charge in [0.15, 0.2) is 0 Å². The molecular formula is C27H22N2O3. The molecule has 0 spiro atoms. The smallest absolute Gasteiger partial charge is 0.269 e. The largest absolute Gasteiger partial charge is 0.300 e. The van der Waals surface area contributed by atoms with Crippen molar-refractivity contribution in [3.8, 4) is 0 Å². The van der Waals surface area contributed by atoms with Gasteiger partial charge in [0.25, 0.3) is 11.6 Å². The fourth-order valence-electron chi connectivity index (χ4n) is 4.87. The highest BCUT2D eigenvalue weighted by Gasteiger charge is 2.48. The molecule has 0 aromatic heterocycles. The number of anilines is 1. The zero-order valence-corrected chi connectivity index (χ0v) is 17.9. The van der Waals surface area contributed by atoms with Crippen LogP contribution in [0.1, 0.15) is 41.4 Å². The molecule has 1 atom stereocenters. The Morgan fingerprint density at radius 3 is 2.25 bits per heavy atom. The first kappa shape index (κ1) is 19.9. The highest BCUT2D eigenvalue weighted by Crippen LogP contribution is 2.53. The molecule has 0 radical (unpaired) electrons. The molecular weight excluding hydrogens is 400 g/mol. The van der Waals surface area contributed by atoms with E-state index >= 15 is 0 Å². The van der Waals surface area contributed by atoms with E-state index in [0.29, 0.717) is 5.56 Å². The SMILES string of the molecule is CC1(C)c2ccccc2N(C(=O)c2ccc([N+](=O)[O-])cc2)C1c1ccc2ccccc2c1. The molecule has 5 heteroatoms. The quantitative estimate of drug-likeness (QED) is 0.282. The molecule has 1 unspecified atom stereocenters. The number of carbonyl (C=O) groups is 1. The Bertz CT molecular complexity index is 1360. The summed E-state index contributed by atoms with van der Waals surface area (Å²) in [6.45, 7) is 4.32. The second-order valence-corrected chi connectivity index (χ2v) is 8.73. The number of fused-ring (bicyclic) bond motifs is 2. The first-order chi connectivity index (χ1) is 15.4. The molecule has 0 saturated heterocycles. The van der Waals surface area contributed by atoms with Crippen LogP contribution in [0.3, 0.4) is 0 Å². The summed E-state index contributed by atoms with van der Waals surface area (Å²) in [7, 11) is 0. The van der Waals surface area contributed by atoms with Gasteiger partial charge in [-0.3, -0.25) is 19.8 Å². The molecule has 0 fully saturated rings. The Morgan fingerprint density at radius 2 is 1.53 bits per heavy atom. The molecule has 1 aliphatic rings. The van der Waals surface area contributed by atoms with Gasteiger partial charge < -0.3 is 0 Å². The lowest BCUT2D eigenvalue weighted by molar-refractivity contribution is -0.384. The summed E-state index contributed by atoms with van der Waals surface area (Å²) in [5.41, 5.74) is 3.10. The fourth-order valence-corrected chi connectivity index (χ4v) is 4.87. The minimum Gasteiger partial charge on any atom is -0.300 e. The lowest BCUT2D eigenvalue weighted by Crippen LogP contribution is -2.38. The summed E-state index contributed by atoms with van der Waals surface area (Å²) >= 11 is 0. The van der Waals surface area contributed by atoms with E-state index in [-0.39, 0.29) is 23.1 Å². The van der Waals surface area contributed by atoms with Crippen molar-refractivity contribution in [2.75, 3.05) is 4.90 Å². The molecule has 4 aromatic carbocycles. The maximum atomic E-state index is 13.8. The molecule has 0 bridgehead atoms. The topological polar surface area (TPSA) is 63.5 Å². The minimum atomic E-state index is -0.458. The Balaban J connectivity index is 1.66. The van der Waals surface area contributed by atoms with Crippen LogP contribution in [-0.4, -0.2) is 10.8 Å². The molecule has 0 aliphatic carbocycles. The van der Waals surface area contributed by atoms with Crippen molar-refractivity contribution in [1.29, 1.82) is 0 Å². The third kappa shape index (κ3) is 3.05. The summed E-state index contributed by atoms with van der Waals surface area (Å²) < 4.78 is 0. The Labute approximate surface area is 186 Å². The van der Waals surface area contributed by atoms with Gasteiger partial charge in [0.05, 0.1) is 11.0 Å². The summed E-state index contributed by atoms with van der Waals surface area (Å²) in [5.74, 6) is -0.170. The molecule has 5 rings (SSSR count). The molecule has 32 heavy (non-hydrogen) atoms. The van der Waals surface area contributed by atoms with Gasteiger partial charge in [0.1, 0.15) is 0 Å². The van der Waals surface area contributed by atoms with Gasteiger partial charge in [-0.2, -0.15) is 0 Å². The van der Waals surface area contributed by atoms with E-state index in [1.54, 1.807) is 0 Å². The number of hydrogen-bond donors (Lipinski definition) is 0. The third-order valence-electron chi connectivity index (χ3n) is 6.43. The number of nitro benzene ring substituents is 1. The lowest BCUT2D eigenvalue weighted by Gasteiger charge is -2.34. The predicted molar refractivity (Wildman–Crippen MR) is 126 cm³/mol. The second-order valence-electron chi connectivity index (χ2n) is 8.73. The molecule has 0 N–H and O–H groups in total. The lowest BCUT2D eigenvalue weighted by atomic mass is 9.77. The molecule has 4 aromatic rings. The average Bonchev–Trinajstić information content (AvgIpc) is 3.05. The van der Waals surface area contributed by atoms with Crippen molar-refractivity contribution in [2.45, 2.75) is 25.3 Å². The number of benzene rings is 4. The third-order valence-corrected chi connectivity index (χ3v) is 6.43. The molecule has 5 nitrogen and oxygen atoms in total. The van der Waals surface area contributed by atoms with Gasteiger partial charge >= 0.3 is 0 Å². The summed E-state index contributed by atoms with van der Waals surface area (Å²) in [4.78, 5) is 26.2. The Morgan fingerprint density at radius 1 is 0.875 bits per heavy atom. The van der Waals surface area contributed by atoms with Crippen molar-refractivity contribution in [3.05, 3.63) is 118 Å². The van der Waals surface area contributed by atoms with Crippen LogP contribution in [-0.2, 0) is 5.41 Å². The van der Waals surface area contributed by atoms with E-state index < -0.39 is 4.92 Å². The van der Waals surface area contributed by atoms with Gasteiger partial charge in [-0.1, -0.05) is 68.4 Å². The van der Waals surface area contributed by atoms with Gasteiger partial charge in [0.2, 0.25) is 0 Å². The maximum Gasteiger partial charge on any atom is 0.269 e. The molecule has 158 valence electrons. The van der Waals surface area contributed by atoms with Crippen molar-refractivity contribution < 1.29 is 9.72 Å². The van der Waals surface area contributed by atoms with Crippen LogP contribution in [0.4, 0.5) is 11.4 Å². The highest BCUT2D eigenvalue weighted by atomic mass is 16.6. The van der Waals surface area contributed by atoms with Crippen LogP contribution in [0.25, 0.3) is 10.8 Å². The van der Waals surface area contributed by atoms with Crippen LogP contribution >= 0.6 is 0 Å². The first-order valence-corrected chi connectivity index (χ1v) is 10.5. The van der Waals surface area contributed by atoms with Crippen molar-refractivity contribution in [2.24, 2.45) is 0 Å². The van der Waals surface area contributed by atoms with E-state index in [2.05, 4.69) is 50.2 Å². The van der Waals surface area contributed by atoms with Crippen LogP contribution in [0.2, 0.25) is 0 Å². The fraction of sp³-hybridized carbons (Fsp3) is 0.148. The van der Waals surface area contributed by atoms with Gasteiger partial charge in [-0.15, -0.1) is 0 Å². The number of rotatable bonds is 3. The monoisotopic (exact) mass is 422 g/mol. The summed E-state index contributed by atoms with van der Waals surface area (Å²) in [5, 5.41) is 13.3. The zero-order valence-electron chi connectivity index (χ0n) is 17.9. The maximum absolute atomic E-state index is 13.8. The normalized spacial score (nSPS) is 16.7. The highest BCUT2D eigenvalue weighted by molar-refractivity contribution is 6.08. The predicted octanol–water partition coefficient (Wildman–Crippen LogP) is 6.43. The summed E-state index contributed by atoms with van der Waals surface area (Å²) in [6, 6.07) is 28.1. The van der Waals surface area contributed by atoms with Gasteiger partial charge in [-0.05, 0) is 46.2 Å². The molecule has 1 amide bonds. The average molecular weight is 422 g/mol. The van der Waals surface area contributed by atoms with Crippen LogP contribution in [0.15, 0.2) is 91.0 Å². The Kier molecular flexibility index (Phi) is 4.55. The number of hydrogen-bond acceptors (Lipinski definition) is 3. The number of non-ortho nitro benzene ring substituents is 1. The van der Waals surface area contributed by atoms with E-state index in [1.807, 2.05) is 35.2 Å². The van der Waals surface area contributed by atoms with Crippen molar-refractivity contribution in [1.82, 2.24) is 0 Å². The summed E-state index contributed by atoms with van der Waals surface area (Å²) in [6.07, 6.45) is 0. The Hall–Kier alpha value is -3.99. The molecule has 1 aliphatic heterocycles. The molecule has 0 saturated carbocycles. The standard InChI is InChI=1S/C27H22N2O3/c1-27(2)23-9-5-6-10-24(23)28(26(30)19-13-15-22(16-14-19)29(31)32)25(27)21-12-11-18-7-3-4-8-20(18)17-21/h3-17,25H,1-2H3. The van der Waals surface area contributed by atoms with E-state index in [0.717, 1.165) is 27.6 Å². The zero-order chi connectivity index (χ0) is 22.5. The van der Waals surface area contributed by atoms with Crippen molar-refractivity contribution >= 4 is 28.1 Å². The number of amides is 1. The van der Waals surface area contributed by atoms with Crippen molar-refractivity contribution in [3.63, 3.8) is 0 Å². The van der Waals surface area contributed by atoms with E-state index in [4.69, 9.17) is 0 Å². The van der Waals surface area contributed by atoms with Gasteiger partial charge in [-0.25, -0.2) is 0 Å². The number of carbonyl (C=O) groups excluding carboxylic acids is 1. The van der Waals surface area contributed by atoms with Crippen LogP contribution in [0, 0.1) is 10.1 Å². The number of para-hydroxylation sites is 1. The number of nitrogens with zero attached hydrogens (tertiary/aromatic N) is 2. The number of nitro groups is 1. The van der Waals surface area contributed by atoms with Crippen LogP contribution in [0.5, 0.6) is 0 Å². The molecule has 1 heterocycles. The minimum absolute atomic E-state index is 0.0326. The van der Waals surface area contributed by atoms with Gasteiger partial charge in [0, 0.05) is 28.8 Å². The second kappa shape index (κ2) is 7.31. The van der Waals surface area contributed by atoms with E-state index in [1.165, 1.54) is 24.3 Å². The first-order valence-electron chi connectivity index (χ1n) is 10.5. The van der Waals surface area contributed by atoms with E-state index in [9.17, 15) is 14.9 Å².